The fourth-order valence-corrected chi connectivity index (χ4v) is 5.02. The molecule has 3 heteroatoms. The molecule has 0 atom stereocenters. The lowest BCUT2D eigenvalue weighted by atomic mass is 9.82. The topological polar surface area (TPSA) is 30.1 Å². The molecule has 0 amide bonds. The minimum atomic E-state index is -0.0663. The summed E-state index contributed by atoms with van der Waals surface area (Å²) >= 11 is 0. The Kier molecular flexibility index (Phi) is 4.21. The van der Waals surface area contributed by atoms with Gasteiger partial charge in [-0.25, -0.2) is 0 Å². The van der Waals surface area contributed by atoms with Crippen LogP contribution in [-0.2, 0) is 14.1 Å². The average Bonchev–Trinajstić information content (AvgIpc) is 3.16. The summed E-state index contributed by atoms with van der Waals surface area (Å²) in [5.74, 6) is 0.269. The van der Waals surface area contributed by atoms with Crippen molar-refractivity contribution in [3.8, 4) is 5.75 Å². The van der Waals surface area contributed by atoms with Crippen molar-refractivity contribution >= 4 is 21.8 Å². The van der Waals surface area contributed by atoms with Crippen LogP contribution in [0.4, 0.5) is 0 Å². The second-order valence-electron chi connectivity index (χ2n) is 8.14. The standard InChI is InChI=1S/C27H26N2O/c1-17-25(19-11-5-8-14-22(19)28(17)3)27(21-13-7-10-16-24(21)30)26-18(2)29(4)23-15-9-6-12-20(23)26/h5-16,27,30H,1-4H3. The van der Waals surface area contributed by atoms with Crippen LogP contribution in [0.1, 0.15) is 34.0 Å². The van der Waals surface area contributed by atoms with Crippen LogP contribution in [0.5, 0.6) is 5.75 Å². The summed E-state index contributed by atoms with van der Waals surface area (Å²) in [4.78, 5) is 0. The average molecular weight is 395 g/mol. The first-order chi connectivity index (χ1) is 14.5. The number of fused-ring (bicyclic) bond motifs is 2. The van der Waals surface area contributed by atoms with Crippen molar-refractivity contribution in [1.82, 2.24) is 9.13 Å². The largest absolute Gasteiger partial charge is 0.508 e. The monoisotopic (exact) mass is 394 g/mol. The number of aryl methyl sites for hydroxylation is 2. The maximum absolute atomic E-state index is 10.9. The summed E-state index contributed by atoms with van der Waals surface area (Å²) in [6, 6.07) is 24.9. The van der Waals surface area contributed by atoms with Crippen LogP contribution in [-0.4, -0.2) is 14.2 Å². The quantitative estimate of drug-likeness (QED) is 0.389. The normalized spacial score (nSPS) is 11.8. The van der Waals surface area contributed by atoms with Crippen LogP contribution >= 0.6 is 0 Å². The molecule has 3 aromatic carbocycles. The minimum Gasteiger partial charge on any atom is -0.508 e. The predicted molar refractivity (Wildman–Crippen MR) is 124 cm³/mol. The van der Waals surface area contributed by atoms with Gasteiger partial charge in [-0.1, -0.05) is 54.6 Å². The van der Waals surface area contributed by atoms with Crippen LogP contribution in [0.25, 0.3) is 21.8 Å². The molecule has 30 heavy (non-hydrogen) atoms. The van der Waals surface area contributed by atoms with Crippen molar-refractivity contribution in [2.24, 2.45) is 14.1 Å². The lowest BCUT2D eigenvalue weighted by Gasteiger charge is -2.21. The Hall–Kier alpha value is -3.46. The molecule has 0 aliphatic heterocycles. The third-order valence-electron chi connectivity index (χ3n) is 6.72. The smallest absolute Gasteiger partial charge is 0.119 e. The van der Waals surface area contributed by atoms with Gasteiger partial charge in [0.25, 0.3) is 0 Å². The highest BCUT2D eigenvalue weighted by Crippen LogP contribution is 2.46. The van der Waals surface area contributed by atoms with Crippen molar-refractivity contribution in [3.63, 3.8) is 0 Å². The zero-order valence-electron chi connectivity index (χ0n) is 17.8. The van der Waals surface area contributed by atoms with Crippen molar-refractivity contribution in [3.05, 3.63) is 101 Å². The van der Waals surface area contributed by atoms with E-state index in [9.17, 15) is 5.11 Å². The van der Waals surface area contributed by atoms with Gasteiger partial charge in [0.15, 0.2) is 0 Å². The van der Waals surface area contributed by atoms with E-state index in [0.717, 1.165) is 5.56 Å². The summed E-state index contributed by atoms with van der Waals surface area (Å²) in [5.41, 5.74) is 8.32. The van der Waals surface area contributed by atoms with Crippen LogP contribution in [0, 0.1) is 13.8 Å². The van der Waals surface area contributed by atoms with Gasteiger partial charge in [-0.2, -0.15) is 0 Å². The summed E-state index contributed by atoms with van der Waals surface area (Å²) in [6.45, 7) is 4.37. The molecule has 0 unspecified atom stereocenters. The number of hydrogen-bond donors (Lipinski definition) is 1. The van der Waals surface area contributed by atoms with Crippen LogP contribution in [0.2, 0.25) is 0 Å². The summed E-state index contributed by atoms with van der Waals surface area (Å²) in [6.07, 6.45) is 0. The lowest BCUT2D eigenvalue weighted by molar-refractivity contribution is 0.467. The molecule has 0 fully saturated rings. The van der Waals surface area contributed by atoms with Gasteiger partial charge in [-0.15, -0.1) is 0 Å². The fraction of sp³-hybridized carbons (Fsp3) is 0.185. The van der Waals surface area contributed by atoms with Crippen molar-refractivity contribution in [2.75, 3.05) is 0 Å². The summed E-state index contributed by atoms with van der Waals surface area (Å²) in [7, 11) is 4.25. The Labute approximate surface area is 176 Å². The molecule has 0 bridgehead atoms. The van der Waals surface area contributed by atoms with Gasteiger partial charge >= 0.3 is 0 Å². The summed E-state index contributed by atoms with van der Waals surface area (Å²) < 4.78 is 4.52. The van der Waals surface area contributed by atoms with Gasteiger partial charge in [0.1, 0.15) is 5.75 Å². The second-order valence-corrected chi connectivity index (χ2v) is 8.14. The number of nitrogens with zero attached hydrogens (tertiary/aromatic N) is 2. The lowest BCUT2D eigenvalue weighted by Crippen LogP contribution is -2.08. The maximum atomic E-state index is 10.9. The van der Waals surface area contributed by atoms with E-state index in [1.165, 1.54) is 44.3 Å². The number of phenols is 1. The first-order valence-corrected chi connectivity index (χ1v) is 10.4. The molecule has 3 nitrogen and oxygen atoms in total. The van der Waals surface area contributed by atoms with Crippen molar-refractivity contribution in [1.29, 1.82) is 0 Å². The van der Waals surface area contributed by atoms with E-state index in [1.807, 2.05) is 12.1 Å². The zero-order valence-corrected chi connectivity index (χ0v) is 17.8. The van der Waals surface area contributed by atoms with E-state index in [0.29, 0.717) is 5.75 Å². The highest BCUT2D eigenvalue weighted by Gasteiger charge is 2.30. The first-order valence-electron chi connectivity index (χ1n) is 10.4. The third-order valence-corrected chi connectivity index (χ3v) is 6.72. The van der Waals surface area contributed by atoms with Gasteiger partial charge in [0.2, 0.25) is 0 Å². The third kappa shape index (κ3) is 2.51. The van der Waals surface area contributed by atoms with E-state index >= 15 is 0 Å². The Balaban J connectivity index is 1.95. The molecule has 0 saturated heterocycles. The fourth-order valence-electron chi connectivity index (χ4n) is 5.02. The number of aromatic hydroxyl groups is 1. The molecule has 2 heterocycles. The second kappa shape index (κ2) is 6.81. The van der Waals surface area contributed by atoms with E-state index in [4.69, 9.17) is 0 Å². The molecular formula is C27H26N2O. The minimum absolute atomic E-state index is 0.0663. The zero-order chi connectivity index (χ0) is 21.0. The number of phenolic OH excluding ortho intramolecular Hbond substituents is 1. The van der Waals surface area contributed by atoms with Gasteiger partial charge in [0.05, 0.1) is 0 Å². The van der Waals surface area contributed by atoms with Crippen molar-refractivity contribution in [2.45, 2.75) is 19.8 Å². The highest BCUT2D eigenvalue weighted by atomic mass is 16.3. The van der Waals surface area contributed by atoms with Crippen LogP contribution < -0.4 is 0 Å². The number of rotatable bonds is 3. The van der Waals surface area contributed by atoms with Crippen LogP contribution in [0.15, 0.2) is 72.8 Å². The van der Waals surface area contributed by atoms with Crippen LogP contribution in [0.3, 0.4) is 0 Å². The molecule has 0 aliphatic rings. The van der Waals surface area contributed by atoms with Gasteiger partial charge < -0.3 is 14.2 Å². The molecule has 0 spiro atoms. The number of para-hydroxylation sites is 3. The van der Waals surface area contributed by atoms with E-state index in [1.54, 1.807) is 6.07 Å². The molecular weight excluding hydrogens is 368 g/mol. The molecule has 150 valence electrons. The summed E-state index contributed by atoms with van der Waals surface area (Å²) in [5, 5.41) is 13.4. The molecule has 0 radical (unpaired) electrons. The Bertz CT molecular complexity index is 1320. The molecule has 0 aliphatic carbocycles. The number of aromatic nitrogens is 2. The van der Waals surface area contributed by atoms with E-state index in [-0.39, 0.29) is 5.92 Å². The predicted octanol–water partition coefficient (Wildman–Crippen LogP) is 6.17. The molecule has 0 saturated carbocycles. The van der Waals surface area contributed by atoms with Gasteiger partial charge in [0, 0.05) is 58.8 Å². The maximum Gasteiger partial charge on any atom is 0.119 e. The number of hydrogen-bond acceptors (Lipinski definition) is 1. The Morgan fingerprint density at radius 2 is 1.07 bits per heavy atom. The molecule has 5 aromatic rings. The number of benzene rings is 3. The molecule has 2 aromatic heterocycles. The highest BCUT2D eigenvalue weighted by molar-refractivity contribution is 5.91. The van der Waals surface area contributed by atoms with Gasteiger partial charge in [-0.05, 0) is 43.2 Å². The first kappa shape index (κ1) is 18.6. The SMILES string of the molecule is Cc1c(C(c2ccccc2O)c2c(C)n(C)c3ccccc23)c2ccccc2n1C. The Morgan fingerprint density at radius 3 is 1.57 bits per heavy atom. The van der Waals surface area contributed by atoms with E-state index < -0.39 is 0 Å². The molecule has 5 rings (SSSR count). The Morgan fingerprint density at radius 1 is 0.633 bits per heavy atom. The van der Waals surface area contributed by atoms with Crippen molar-refractivity contribution < 1.29 is 5.11 Å². The molecule has 1 N–H and O–H groups in total. The van der Waals surface area contributed by atoms with Gasteiger partial charge in [-0.3, -0.25) is 0 Å². The van der Waals surface area contributed by atoms with E-state index in [2.05, 4.69) is 91.7 Å².